The number of ether oxygens (including phenoxy) is 1. The highest BCUT2D eigenvalue weighted by Crippen LogP contribution is 2.34. The maximum Gasteiger partial charge on any atom is 0.257 e. The summed E-state index contributed by atoms with van der Waals surface area (Å²) in [5, 5.41) is 0.775. The zero-order valence-electron chi connectivity index (χ0n) is 17.0. The number of rotatable bonds is 4. The number of likely N-dealkylation sites (tertiary alicyclic amines) is 1. The number of aryl methyl sites for hydroxylation is 2. The number of carbonyl (C=O) groups excluding carboxylic acids is 1. The summed E-state index contributed by atoms with van der Waals surface area (Å²) in [6.45, 7) is 3.10. The molecule has 4 heterocycles. The fourth-order valence-electron chi connectivity index (χ4n) is 4.56. The Balaban J connectivity index is 1.26. The van der Waals surface area contributed by atoms with E-state index in [-0.39, 0.29) is 23.6 Å². The number of piperidine rings is 1. The summed E-state index contributed by atoms with van der Waals surface area (Å²) < 4.78 is 7.77. The Kier molecular flexibility index (Phi) is 5.22. The van der Waals surface area contributed by atoms with Crippen molar-refractivity contribution >= 4 is 17.7 Å². The van der Waals surface area contributed by atoms with Gasteiger partial charge in [0, 0.05) is 36.5 Å². The Morgan fingerprint density at radius 1 is 1.30 bits per heavy atom. The van der Waals surface area contributed by atoms with Crippen molar-refractivity contribution in [3.63, 3.8) is 0 Å². The van der Waals surface area contributed by atoms with Gasteiger partial charge in [-0.15, -0.1) is 0 Å². The van der Waals surface area contributed by atoms with Crippen LogP contribution in [0.5, 0.6) is 5.88 Å². The van der Waals surface area contributed by atoms with E-state index in [1.54, 1.807) is 28.6 Å². The molecule has 0 radical (unpaired) electrons. The van der Waals surface area contributed by atoms with Crippen molar-refractivity contribution in [2.24, 2.45) is 0 Å². The molecular formula is C21H25N5O3S. The summed E-state index contributed by atoms with van der Waals surface area (Å²) in [6, 6.07) is 1.63. The lowest BCUT2D eigenvalue weighted by atomic mass is 10.1. The smallest absolute Gasteiger partial charge is 0.257 e. The van der Waals surface area contributed by atoms with Gasteiger partial charge in [0.05, 0.1) is 18.3 Å². The number of amides is 1. The summed E-state index contributed by atoms with van der Waals surface area (Å²) in [5.41, 5.74) is 1.88. The normalized spacial score (nSPS) is 22.6. The molecule has 158 valence electrons. The summed E-state index contributed by atoms with van der Waals surface area (Å²) in [5.74, 6) is 2.02. The molecule has 2 atom stereocenters. The first-order valence-corrected chi connectivity index (χ1v) is 11.6. The highest BCUT2D eigenvalue weighted by molar-refractivity contribution is 7.99. The van der Waals surface area contributed by atoms with Gasteiger partial charge in [-0.05, 0) is 39.0 Å². The van der Waals surface area contributed by atoms with Crippen LogP contribution in [-0.2, 0) is 17.6 Å². The first kappa shape index (κ1) is 19.5. The molecular weight excluding hydrogens is 402 g/mol. The Hall–Kier alpha value is -2.42. The van der Waals surface area contributed by atoms with E-state index < -0.39 is 0 Å². The van der Waals surface area contributed by atoms with Crippen LogP contribution in [0.15, 0.2) is 22.2 Å². The number of aromatic nitrogens is 4. The van der Waals surface area contributed by atoms with E-state index in [1.807, 2.05) is 11.8 Å². The van der Waals surface area contributed by atoms with Gasteiger partial charge in [0.1, 0.15) is 11.9 Å². The Morgan fingerprint density at radius 3 is 3.07 bits per heavy atom. The number of nitrogens with zero attached hydrogens (tertiary/aromatic N) is 5. The molecule has 1 aliphatic carbocycles. The number of carbonyl (C=O) groups is 1. The van der Waals surface area contributed by atoms with Gasteiger partial charge >= 0.3 is 0 Å². The van der Waals surface area contributed by atoms with Crippen molar-refractivity contribution in [3.05, 3.63) is 39.7 Å². The van der Waals surface area contributed by atoms with Crippen molar-refractivity contribution in [2.75, 3.05) is 18.8 Å². The van der Waals surface area contributed by atoms with Gasteiger partial charge in [-0.25, -0.2) is 9.97 Å². The minimum atomic E-state index is -0.116. The quantitative estimate of drug-likeness (QED) is 0.689. The van der Waals surface area contributed by atoms with Crippen LogP contribution in [0.25, 0.3) is 0 Å². The van der Waals surface area contributed by atoms with E-state index in [9.17, 15) is 9.59 Å². The highest BCUT2D eigenvalue weighted by Gasteiger charge is 2.33. The highest BCUT2D eigenvalue weighted by atomic mass is 32.2. The second-order valence-electron chi connectivity index (χ2n) is 8.18. The molecule has 0 aromatic carbocycles. The second-order valence-corrected chi connectivity index (χ2v) is 9.17. The fourth-order valence-corrected chi connectivity index (χ4v) is 5.72. The van der Waals surface area contributed by atoms with E-state index in [4.69, 9.17) is 9.72 Å². The lowest BCUT2D eigenvalue weighted by Crippen LogP contribution is -2.45. The standard InChI is InChI=1S/C21H25N5O3S/c1-13-22-8-7-18(23-13)29-15-4-3-9-25(11-15)19(27)10-14-12-30-21-24-17-6-2-5-16(17)20(28)26(14)21/h7-8,14-15H,2-6,9-12H2,1H3. The molecule has 1 fully saturated rings. The van der Waals surface area contributed by atoms with Crippen LogP contribution < -0.4 is 10.3 Å². The number of thioether (sulfide) groups is 1. The van der Waals surface area contributed by atoms with Crippen LogP contribution in [-0.4, -0.2) is 55.3 Å². The molecule has 5 rings (SSSR count). The zero-order valence-corrected chi connectivity index (χ0v) is 17.9. The molecule has 2 aromatic rings. The molecule has 0 saturated carbocycles. The number of hydrogen-bond acceptors (Lipinski definition) is 7. The number of fused-ring (bicyclic) bond motifs is 2. The van der Waals surface area contributed by atoms with Gasteiger partial charge in [0.15, 0.2) is 5.16 Å². The van der Waals surface area contributed by atoms with E-state index in [1.165, 1.54) is 0 Å². The molecule has 3 aliphatic rings. The number of hydrogen-bond donors (Lipinski definition) is 0. The third kappa shape index (κ3) is 3.71. The topological polar surface area (TPSA) is 90.2 Å². The molecule has 2 aromatic heterocycles. The van der Waals surface area contributed by atoms with Crippen LogP contribution >= 0.6 is 11.8 Å². The SMILES string of the molecule is Cc1nccc(OC2CCCN(C(=O)CC3CSc4nc5c(c(=O)n43)CCC5)C2)n1. The summed E-state index contributed by atoms with van der Waals surface area (Å²) in [7, 11) is 0. The lowest BCUT2D eigenvalue weighted by molar-refractivity contribution is -0.134. The maximum atomic E-state index is 13.1. The average Bonchev–Trinajstić information content (AvgIpc) is 3.36. The van der Waals surface area contributed by atoms with Crippen LogP contribution in [0.4, 0.5) is 0 Å². The lowest BCUT2D eigenvalue weighted by Gasteiger charge is -2.33. The predicted octanol–water partition coefficient (Wildman–Crippen LogP) is 1.94. The average molecular weight is 428 g/mol. The van der Waals surface area contributed by atoms with Crippen molar-refractivity contribution < 1.29 is 9.53 Å². The Morgan fingerprint density at radius 2 is 2.20 bits per heavy atom. The van der Waals surface area contributed by atoms with Gasteiger partial charge in [-0.2, -0.15) is 4.98 Å². The summed E-state index contributed by atoms with van der Waals surface area (Å²) in [4.78, 5) is 41.0. The maximum absolute atomic E-state index is 13.1. The molecule has 1 saturated heterocycles. The van der Waals surface area contributed by atoms with Crippen molar-refractivity contribution in [1.29, 1.82) is 0 Å². The van der Waals surface area contributed by atoms with E-state index >= 15 is 0 Å². The van der Waals surface area contributed by atoms with Crippen molar-refractivity contribution in [3.8, 4) is 5.88 Å². The molecule has 0 spiro atoms. The molecule has 1 amide bonds. The van der Waals surface area contributed by atoms with Crippen LogP contribution in [0.3, 0.4) is 0 Å². The van der Waals surface area contributed by atoms with E-state index in [0.717, 1.165) is 60.8 Å². The van der Waals surface area contributed by atoms with Gasteiger partial charge in [0.25, 0.3) is 5.56 Å². The van der Waals surface area contributed by atoms with E-state index in [2.05, 4.69) is 9.97 Å². The molecule has 30 heavy (non-hydrogen) atoms. The predicted molar refractivity (Wildman–Crippen MR) is 112 cm³/mol. The largest absolute Gasteiger partial charge is 0.472 e. The molecule has 8 nitrogen and oxygen atoms in total. The first-order chi connectivity index (χ1) is 14.6. The van der Waals surface area contributed by atoms with Crippen LogP contribution in [0.1, 0.15) is 48.8 Å². The molecule has 9 heteroatoms. The zero-order chi connectivity index (χ0) is 20.7. The summed E-state index contributed by atoms with van der Waals surface area (Å²) in [6.07, 6.45) is 6.42. The van der Waals surface area contributed by atoms with Crippen molar-refractivity contribution in [2.45, 2.75) is 62.8 Å². The van der Waals surface area contributed by atoms with E-state index in [0.29, 0.717) is 24.7 Å². The first-order valence-electron chi connectivity index (χ1n) is 10.6. The second kappa shape index (κ2) is 8.02. The van der Waals surface area contributed by atoms with Gasteiger partial charge in [-0.3, -0.25) is 14.2 Å². The van der Waals surface area contributed by atoms with Gasteiger partial charge in [0.2, 0.25) is 11.8 Å². The van der Waals surface area contributed by atoms with Gasteiger partial charge in [-0.1, -0.05) is 11.8 Å². The summed E-state index contributed by atoms with van der Waals surface area (Å²) >= 11 is 1.59. The Labute approximate surface area is 179 Å². The minimum absolute atomic E-state index is 0.0642. The Bertz CT molecular complexity index is 1040. The van der Waals surface area contributed by atoms with Crippen LogP contribution in [0.2, 0.25) is 0 Å². The molecule has 2 aliphatic heterocycles. The molecule has 2 unspecified atom stereocenters. The van der Waals surface area contributed by atoms with Crippen molar-refractivity contribution in [1.82, 2.24) is 24.4 Å². The fraction of sp³-hybridized carbons (Fsp3) is 0.571. The van der Waals surface area contributed by atoms with Gasteiger partial charge < -0.3 is 9.64 Å². The minimum Gasteiger partial charge on any atom is -0.472 e. The third-order valence-electron chi connectivity index (χ3n) is 6.05. The monoisotopic (exact) mass is 427 g/mol. The molecule has 0 bridgehead atoms. The third-order valence-corrected chi connectivity index (χ3v) is 7.15. The van der Waals surface area contributed by atoms with Crippen LogP contribution in [0, 0.1) is 6.92 Å². The molecule has 0 N–H and O–H groups in total.